The molecular weight excluding hydrogens is 288 g/mol. The van der Waals surface area contributed by atoms with Gasteiger partial charge in [-0.2, -0.15) is 0 Å². The van der Waals surface area contributed by atoms with Gasteiger partial charge >= 0.3 is 0 Å². The second kappa shape index (κ2) is 5.97. The number of methoxy groups -OCH3 is 3. The minimum Gasteiger partial charge on any atom is -0.493 e. The number of ether oxygens (including phenoxy) is 3. The first-order valence-electron chi connectivity index (χ1n) is 7.13. The van der Waals surface area contributed by atoms with E-state index >= 15 is 0 Å². The van der Waals surface area contributed by atoms with E-state index in [1.807, 2.05) is 6.07 Å². The lowest BCUT2D eigenvalue weighted by molar-refractivity contribution is 0.327. The molecule has 114 valence electrons. The number of hydrogen-bond acceptors (Lipinski definition) is 6. The maximum Gasteiger partial charge on any atom is 0.205 e. The third-order valence-electron chi connectivity index (χ3n) is 3.87. The SMILES string of the molecule is COc1cc2sc(NC3CCCC3)nc2c(OC)c1OC. The zero-order valence-corrected chi connectivity index (χ0v) is 13.4. The van der Waals surface area contributed by atoms with E-state index in [9.17, 15) is 0 Å². The Morgan fingerprint density at radius 2 is 1.81 bits per heavy atom. The standard InChI is InChI=1S/C15H20N2O3S/c1-18-10-8-11-12(14(20-3)13(10)19-2)17-15(21-11)16-9-6-4-5-7-9/h8-9H,4-7H2,1-3H3,(H,16,17). The van der Waals surface area contributed by atoms with Crippen LogP contribution in [0.1, 0.15) is 25.7 Å². The zero-order chi connectivity index (χ0) is 14.8. The Balaban J connectivity index is 2.02. The van der Waals surface area contributed by atoms with Crippen molar-refractivity contribution in [3.8, 4) is 17.2 Å². The first-order valence-corrected chi connectivity index (χ1v) is 7.94. The first kappa shape index (κ1) is 14.3. The Morgan fingerprint density at radius 3 is 2.43 bits per heavy atom. The van der Waals surface area contributed by atoms with Crippen molar-refractivity contribution in [2.24, 2.45) is 0 Å². The van der Waals surface area contributed by atoms with Crippen molar-refractivity contribution in [3.05, 3.63) is 6.07 Å². The van der Waals surface area contributed by atoms with Crippen LogP contribution in [0.3, 0.4) is 0 Å². The molecule has 5 nitrogen and oxygen atoms in total. The summed E-state index contributed by atoms with van der Waals surface area (Å²) in [7, 11) is 4.86. The predicted octanol–water partition coefficient (Wildman–Crippen LogP) is 3.68. The Bertz CT molecular complexity index is 635. The molecule has 21 heavy (non-hydrogen) atoms. The number of thiazole rings is 1. The molecule has 1 fully saturated rings. The number of rotatable bonds is 5. The van der Waals surface area contributed by atoms with Gasteiger partial charge in [0.1, 0.15) is 5.52 Å². The van der Waals surface area contributed by atoms with Gasteiger partial charge in [0, 0.05) is 12.1 Å². The largest absolute Gasteiger partial charge is 0.493 e. The lowest BCUT2D eigenvalue weighted by Crippen LogP contribution is -2.13. The molecule has 1 saturated carbocycles. The summed E-state index contributed by atoms with van der Waals surface area (Å²) in [6.45, 7) is 0. The van der Waals surface area contributed by atoms with E-state index in [1.54, 1.807) is 32.7 Å². The van der Waals surface area contributed by atoms with Crippen LogP contribution >= 0.6 is 11.3 Å². The number of nitrogens with one attached hydrogen (secondary N) is 1. The Morgan fingerprint density at radius 1 is 1.10 bits per heavy atom. The molecule has 0 radical (unpaired) electrons. The molecule has 1 heterocycles. The summed E-state index contributed by atoms with van der Waals surface area (Å²) in [6, 6.07) is 2.49. The van der Waals surface area contributed by atoms with Crippen LogP contribution in [0.25, 0.3) is 10.2 Å². The summed E-state index contributed by atoms with van der Waals surface area (Å²) in [4.78, 5) is 4.68. The molecule has 0 unspecified atom stereocenters. The minimum absolute atomic E-state index is 0.542. The molecule has 0 spiro atoms. The molecule has 1 aliphatic carbocycles. The van der Waals surface area contributed by atoms with Gasteiger partial charge in [0.2, 0.25) is 5.75 Å². The number of anilines is 1. The van der Waals surface area contributed by atoms with Crippen molar-refractivity contribution in [2.75, 3.05) is 26.6 Å². The summed E-state index contributed by atoms with van der Waals surface area (Å²) in [5, 5.41) is 4.46. The van der Waals surface area contributed by atoms with Crippen molar-refractivity contribution < 1.29 is 14.2 Å². The summed E-state index contributed by atoms with van der Waals surface area (Å²) in [5.41, 5.74) is 0.820. The first-order chi connectivity index (χ1) is 10.3. The van der Waals surface area contributed by atoms with Crippen LogP contribution in [0.5, 0.6) is 17.2 Å². The van der Waals surface area contributed by atoms with Crippen molar-refractivity contribution in [2.45, 2.75) is 31.7 Å². The summed E-state index contributed by atoms with van der Waals surface area (Å²) in [5.74, 6) is 1.88. The summed E-state index contributed by atoms with van der Waals surface area (Å²) in [6.07, 6.45) is 5.04. The van der Waals surface area contributed by atoms with Crippen LogP contribution < -0.4 is 19.5 Å². The van der Waals surface area contributed by atoms with Crippen LogP contribution in [-0.4, -0.2) is 32.4 Å². The molecule has 0 atom stereocenters. The van der Waals surface area contributed by atoms with Gasteiger partial charge in [0.25, 0.3) is 0 Å². The van der Waals surface area contributed by atoms with Crippen LogP contribution in [-0.2, 0) is 0 Å². The van der Waals surface area contributed by atoms with Gasteiger partial charge in [-0.15, -0.1) is 0 Å². The van der Waals surface area contributed by atoms with Gasteiger partial charge in [0.05, 0.1) is 26.0 Å². The number of nitrogens with zero attached hydrogens (tertiary/aromatic N) is 1. The quantitative estimate of drug-likeness (QED) is 0.913. The van der Waals surface area contributed by atoms with Crippen LogP contribution in [0.15, 0.2) is 6.07 Å². The maximum absolute atomic E-state index is 5.49. The monoisotopic (exact) mass is 308 g/mol. The Hall–Kier alpha value is -1.69. The van der Waals surface area contributed by atoms with Gasteiger partial charge in [-0.1, -0.05) is 24.2 Å². The normalized spacial score (nSPS) is 15.4. The average molecular weight is 308 g/mol. The molecule has 0 aliphatic heterocycles. The van der Waals surface area contributed by atoms with E-state index in [0.29, 0.717) is 23.3 Å². The molecule has 1 aromatic heterocycles. The zero-order valence-electron chi connectivity index (χ0n) is 12.6. The van der Waals surface area contributed by atoms with Crippen molar-refractivity contribution in [3.63, 3.8) is 0 Å². The van der Waals surface area contributed by atoms with Crippen molar-refractivity contribution >= 4 is 26.7 Å². The maximum atomic E-state index is 5.49. The molecule has 1 aromatic carbocycles. The van der Waals surface area contributed by atoms with E-state index in [0.717, 1.165) is 15.3 Å². The van der Waals surface area contributed by atoms with E-state index in [1.165, 1.54) is 25.7 Å². The highest BCUT2D eigenvalue weighted by Crippen LogP contribution is 2.45. The number of benzene rings is 1. The predicted molar refractivity (Wildman–Crippen MR) is 85.2 cm³/mol. The van der Waals surface area contributed by atoms with E-state index in [4.69, 9.17) is 14.2 Å². The van der Waals surface area contributed by atoms with Crippen LogP contribution in [0.4, 0.5) is 5.13 Å². The lowest BCUT2D eigenvalue weighted by Gasteiger charge is -2.11. The van der Waals surface area contributed by atoms with Crippen LogP contribution in [0.2, 0.25) is 0 Å². The highest BCUT2D eigenvalue weighted by Gasteiger charge is 2.21. The Kier molecular flexibility index (Phi) is 4.05. The molecule has 2 aromatic rings. The second-order valence-corrected chi connectivity index (χ2v) is 6.17. The number of hydrogen-bond donors (Lipinski definition) is 1. The molecule has 0 saturated heterocycles. The van der Waals surface area contributed by atoms with E-state index in [-0.39, 0.29) is 0 Å². The molecule has 6 heteroatoms. The summed E-state index contributed by atoms with van der Waals surface area (Å²) < 4.78 is 17.3. The van der Waals surface area contributed by atoms with Crippen molar-refractivity contribution in [1.29, 1.82) is 0 Å². The smallest absolute Gasteiger partial charge is 0.205 e. The van der Waals surface area contributed by atoms with Gasteiger partial charge in [0.15, 0.2) is 16.6 Å². The molecule has 1 aliphatic rings. The molecule has 0 amide bonds. The van der Waals surface area contributed by atoms with Crippen molar-refractivity contribution in [1.82, 2.24) is 4.98 Å². The molecule has 0 bridgehead atoms. The Labute approximate surface area is 128 Å². The fourth-order valence-electron chi connectivity index (χ4n) is 2.84. The minimum atomic E-state index is 0.542. The van der Waals surface area contributed by atoms with E-state index in [2.05, 4.69) is 10.3 Å². The third-order valence-corrected chi connectivity index (χ3v) is 4.81. The third kappa shape index (κ3) is 2.60. The fourth-order valence-corrected chi connectivity index (χ4v) is 3.81. The highest BCUT2D eigenvalue weighted by molar-refractivity contribution is 7.22. The van der Waals surface area contributed by atoms with Gasteiger partial charge < -0.3 is 19.5 Å². The number of aromatic nitrogens is 1. The lowest BCUT2D eigenvalue weighted by atomic mass is 10.2. The second-order valence-electron chi connectivity index (χ2n) is 5.14. The topological polar surface area (TPSA) is 52.6 Å². The molecule has 3 rings (SSSR count). The summed E-state index contributed by atoms with van der Waals surface area (Å²) >= 11 is 1.62. The van der Waals surface area contributed by atoms with E-state index < -0.39 is 0 Å². The van der Waals surface area contributed by atoms with Crippen LogP contribution in [0, 0.1) is 0 Å². The van der Waals surface area contributed by atoms with Gasteiger partial charge in [-0.05, 0) is 12.8 Å². The molecule has 1 N–H and O–H groups in total. The molecular formula is C15H20N2O3S. The fraction of sp³-hybridized carbons (Fsp3) is 0.533. The van der Waals surface area contributed by atoms with Gasteiger partial charge in [-0.3, -0.25) is 0 Å². The average Bonchev–Trinajstić information content (AvgIpc) is 3.14. The highest BCUT2D eigenvalue weighted by atomic mass is 32.1. The van der Waals surface area contributed by atoms with Gasteiger partial charge in [-0.25, -0.2) is 4.98 Å². The number of fused-ring (bicyclic) bond motifs is 1.